The lowest BCUT2D eigenvalue weighted by atomic mass is 9.73. The molecule has 78 valence electrons. The van der Waals surface area contributed by atoms with E-state index in [-0.39, 0.29) is 0 Å². The third-order valence-electron chi connectivity index (χ3n) is 3.49. The molecule has 0 bridgehead atoms. The van der Waals surface area contributed by atoms with Crippen LogP contribution in [-0.4, -0.2) is 11.7 Å². The van der Waals surface area contributed by atoms with E-state index in [1.807, 2.05) is 0 Å². The van der Waals surface area contributed by atoms with Gasteiger partial charge in [-0.3, -0.25) is 0 Å². The maximum absolute atomic E-state index is 9.13. The van der Waals surface area contributed by atoms with Crippen molar-refractivity contribution in [2.24, 2.45) is 23.7 Å². The van der Waals surface area contributed by atoms with Crippen LogP contribution < -0.4 is 0 Å². The first-order valence-corrected chi connectivity index (χ1v) is 5.74. The number of rotatable bonds is 3. The number of aliphatic hydroxyl groups is 1. The van der Waals surface area contributed by atoms with Gasteiger partial charge in [0.15, 0.2) is 0 Å². The molecular formula is C12H24O. The summed E-state index contributed by atoms with van der Waals surface area (Å²) in [7, 11) is 0. The van der Waals surface area contributed by atoms with E-state index in [4.69, 9.17) is 5.11 Å². The zero-order valence-electron chi connectivity index (χ0n) is 9.29. The number of hydrogen-bond donors (Lipinski definition) is 1. The lowest BCUT2D eigenvalue weighted by molar-refractivity contribution is 0.110. The second kappa shape index (κ2) is 4.99. The maximum atomic E-state index is 9.13. The van der Waals surface area contributed by atoms with Crippen LogP contribution in [0.1, 0.15) is 46.5 Å². The van der Waals surface area contributed by atoms with Gasteiger partial charge < -0.3 is 5.11 Å². The Kier molecular flexibility index (Phi) is 4.24. The molecule has 1 fully saturated rings. The van der Waals surface area contributed by atoms with Crippen molar-refractivity contribution in [3.05, 3.63) is 0 Å². The van der Waals surface area contributed by atoms with Crippen molar-refractivity contribution in [1.82, 2.24) is 0 Å². The highest BCUT2D eigenvalue weighted by Gasteiger charge is 2.26. The van der Waals surface area contributed by atoms with Gasteiger partial charge in [-0.15, -0.1) is 0 Å². The van der Waals surface area contributed by atoms with Gasteiger partial charge in [-0.05, 0) is 42.9 Å². The summed E-state index contributed by atoms with van der Waals surface area (Å²) < 4.78 is 0. The fraction of sp³-hybridized carbons (Fsp3) is 1.00. The smallest absolute Gasteiger partial charge is 0.0461 e. The Morgan fingerprint density at radius 2 is 2.00 bits per heavy atom. The van der Waals surface area contributed by atoms with Crippen LogP contribution >= 0.6 is 0 Å². The summed E-state index contributed by atoms with van der Waals surface area (Å²) in [5.41, 5.74) is 0. The standard InChI is InChI=1S/C12H24O/c1-9(2)6-11-4-5-12(8-13)10(3)7-11/h9-13H,4-8H2,1-3H3. The van der Waals surface area contributed by atoms with Crippen LogP contribution in [0.3, 0.4) is 0 Å². The second-order valence-electron chi connectivity index (χ2n) is 5.23. The van der Waals surface area contributed by atoms with E-state index in [0.717, 1.165) is 17.8 Å². The van der Waals surface area contributed by atoms with E-state index < -0.39 is 0 Å². The van der Waals surface area contributed by atoms with Gasteiger partial charge in [0.25, 0.3) is 0 Å². The van der Waals surface area contributed by atoms with Gasteiger partial charge in [-0.2, -0.15) is 0 Å². The quantitative estimate of drug-likeness (QED) is 0.714. The summed E-state index contributed by atoms with van der Waals surface area (Å²) in [6.07, 6.45) is 5.30. The fourth-order valence-corrected chi connectivity index (χ4v) is 2.72. The molecule has 0 spiro atoms. The van der Waals surface area contributed by atoms with Crippen LogP contribution in [0.5, 0.6) is 0 Å². The summed E-state index contributed by atoms with van der Waals surface area (Å²) in [5.74, 6) is 3.09. The Hall–Kier alpha value is -0.0400. The van der Waals surface area contributed by atoms with E-state index in [1.54, 1.807) is 0 Å². The molecular weight excluding hydrogens is 160 g/mol. The van der Waals surface area contributed by atoms with Crippen LogP contribution in [0.25, 0.3) is 0 Å². The molecule has 1 aliphatic rings. The summed E-state index contributed by atoms with van der Waals surface area (Å²) in [4.78, 5) is 0. The monoisotopic (exact) mass is 184 g/mol. The van der Waals surface area contributed by atoms with Crippen molar-refractivity contribution in [3.63, 3.8) is 0 Å². The molecule has 3 atom stereocenters. The van der Waals surface area contributed by atoms with E-state index in [9.17, 15) is 0 Å². The van der Waals surface area contributed by atoms with Gasteiger partial charge in [0, 0.05) is 6.61 Å². The van der Waals surface area contributed by atoms with Crippen LogP contribution in [0.15, 0.2) is 0 Å². The Labute approximate surface area is 82.5 Å². The van der Waals surface area contributed by atoms with E-state index >= 15 is 0 Å². The Balaban J connectivity index is 2.32. The summed E-state index contributed by atoms with van der Waals surface area (Å²) in [6.45, 7) is 7.31. The first kappa shape index (κ1) is 11.0. The van der Waals surface area contributed by atoms with Crippen molar-refractivity contribution in [2.45, 2.75) is 46.5 Å². The molecule has 13 heavy (non-hydrogen) atoms. The maximum Gasteiger partial charge on any atom is 0.0461 e. The largest absolute Gasteiger partial charge is 0.396 e. The normalized spacial score (nSPS) is 35.3. The number of aliphatic hydroxyl groups excluding tert-OH is 1. The van der Waals surface area contributed by atoms with E-state index in [2.05, 4.69) is 20.8 Å². The predicted molar refractivity (Wildman–Crippen MR) is 56.5 cm³/mol. The Morgan fingerprint density at radius 1 is 1.31 bits per heavy atom. The molecule has 3 unspecified atom stereocenters. The van der Waals surface area contributed by atoms with Crippen molar-refractivity contribution >= 4 is 0 Å². The van der Waals surface area contributed by atoms with Crippen molar-refractivity contribution in [2.75, 3.05) is 6.61 Å². The molecule has 0 aromatic carbocycles. The molecule has 1 saturated carbocycles. The minimum atomic E-state index is 0.398. The highest BCUT2D eigenvalue weighted by molar-refractivity contribution is 4.77. The molecule has 0 aromatic rings. The molecule has 1 N–H and O–H groups in total. The lowest BCUT2D eigenvalue weighted by Gasteiger charge is -2.33. The first-order valence-electron chi connectivity index (χ1n) is 5.74. The molecule has 1 heteroatoms. The average molecular weight is 184 g/mol. The minimum Gasteiger partial charge on any atom is -0.396 e. The predicted octanol–water partition coefficient (Wildman–Crippen LogP) is 3.08. The molecule has 1 aliphatic carbocycles. The SMILES string of the molecule is CC(C)CC1CCC(CO)C(C)C1. The van der Waals surface area contributed by atoms with Gasteiger partial charge in [-0.25, -0.2) is 0 Å². The molecule has 0 amide bonds. The average Bonchev–Trinajstić information content (AvgIpc) is 2.03. The second-order valence-corrected chi connectivity index (χ2v) is 5.23. The zero-order valence-corrected chi connectivity index (χ0v) is 9.29. The fourth-order valence-electron chi connectivity index (χ4n) is 2.72. The summed E-state index contributed by atoms with van der Waals surface area (Å²) in [5, 5.41) is 9.13. The molecule has 0 saturated heterocycles. The van der Waals surface area contributed by atoms with Gasteiger partial charge in [0.2, 0.25) is 0 Å². The van der Waals surface area contributed by atoms with Crippen LogP contribution in [0.4, 0.5) is 0 Å². The van der Waals surface area contributed by atoms with Gasteiger partial charge >= 0.3 is 0 Å². The van der Waals surface area contributed by atoms with Crippen LogP contribution in [0, 0.1) is 23.7 Å². The van der Waals surface area contributed by atoms with Crippen LogP contribution in [0.2, 0.25) is 0 Å². The van der Waals surface area contributed by atoms with Gasteiger partial charge in [0.05, 0.1) is 0 Å². The molecule has 1 rings (SSSR count). The number of hydrogen-bond acceptors (Lipinski definition) is 1. The van der Waals surface area contributed by atoms with Crippen LogP contribution in [-0.2, 0) is 0 Å². The first-order chi connectivity index (χ1) is 6.13. The molecule has 0 radical (unpaired) electrons. The minimum absolute atomic E-state index is 0.398. The Morgan fingerprint density at radius 3 is 2.46 bits per heavy atom. The van der Waals surface area contributed by atoms with Crippen molar-refractivity contribution < 1.29 is 5.11 Å². The van der Waals surface area contributed by atoms with Gasteiger partial charge in [0.1, 0.15) is 0 Å². The van der Waals surface area contributed by atoms with E-state index in [0.29, 0.717) is 12.5 Å². The zero-order chi connectivity index (χ0) is 9.84. The molecule has 1 nitrogen and oxygen atoms in total. The lowest BCUT2D eigenvalue weighted by Crippen LogP contribution is -2.26. The third-order valence-corrected chi connectivity index (χ3v) is 3.49. The highest BCUT2D eigenvalue weighted by atomic mass is 16.3. The topological polar surface area (TPSA) is 20.2 Å². The molecule has 0 aliphatic heterocycles. The van der Waals surface area contributed by atoms with E-state index in [1.165, 1.54) is 25.7 Å². The molecule has 0 aromatic heterocycles. The molecule has 0 heterocycles. The van der Waals surface area contributed by atoms with Gasteiger partial charge in [-0.1, -0.05) is 27.2 Å². The highest BCUT2D eigenvalue weighted by Crippen LogP contribution is 2.36. The summed E-state index contributed by atoms with van der Waals surface area (Å²) in [6, 6.07) is 0. The van der Waals surface area contributed by atoms with Crippen molar-refractivity contribution in [1.29, 1.82) is 0 Å². The Bertz CT molecular complexity index is 142. The third kappa shape index (κ3) is 3.30. The summed E-state index contributed by atoms with van der Waals surface area (Å²) >= 11 is 0. The van der Waals surface area contributed by atoms with Crippen molar-refractivity contribution in [3.8, 4) is 0 Å².